The van der Waals surface area contributed by atoms with E-state index in [1.54, 1.807) is 0 Å². The molecule has 0 aromatic heterocycles. The minimum absolute atomic E-state index is 0.262. The molecule has 5 nitrogen and oxygen atoms in total. The lowest BCUT2D eigenvalue weighted by atomic mass is 10.1. The number of aliphatic hydroxyl groups is 1. The predicted octanol–water partition coefficient (Wildman–Crippen LogP) is 1.29. The molecule has 0 saturated carbocycles. The van der Waals surface area contributed by atoms with Crippen LogP contribution in [-0.2, 0) is 4.79 Å². The zero-order valence-corrected chi connectivity index (χ0v) is 12.9. The topological polar surface area (TPSA) is 84.6 Å². The summed E-state index contributed by atoms with van der Waals surface area (Å²) in [6.45, 7) is 5.52. The summed E-state index contributed by atoms with van der Waals surface area (Å²) in [4.78, 5) is 10.6. The number of amides is 1. The summed E-state index contributed by atoms with van der Waals surface area (Å²) in [5, 5.41) is 13.0. The largest absolute Gasteiger partial charge is 0.491 e. The maximum Gasteiger partial charge on any atom is 0.217 e. The summed E-state index contributed by atoms with van der Waals surface area (Å²) >= 11 is 0. The van der Waals surface area contributed by atoms with Crippen molar-refractivity contribution >= 4 is 5.91 Å². The van der Waals surface area contributed by atoms with Gasteiger partial charge in [-0.2, -0.15) is 0 Å². The Morgan fingerprint density at radius 1 is 1.38 bits per heavy atom. The first-order valence-electron chi connectivity index (χ1n) is 7.36. The average Bonchev–Trinajstić information content (AvgIpc) is 2.41. The molecule has 0 aliphatic carbocycles. The Morgan fingerprint density at radius 2 is 2.14 bits per heavy atom. The molecule has 21 heavy (non-hydrogen) atoms. The minimum Gasteiger partial charge on any atom is -0.491 e. The van der Waals surface area contributed by atoms with Crippen molar-refractivity contribution in [3.8, 4) is 5.75 Å². The molecule has 1 aromatic rings. The van der Waals surface area contributed by atoms with Crippen molar-refractivity contribution in [2.75, 3.05) is 19.7 Å². The summed E-state index contributed by atoms with van der Waals surface area (Å²) in [7, 11) is 0. The van der Waals surface area contributed by atoms with E-state index in [1.807, 2.05) is 26.0 Å². The van der Waals surface area contributed by atoms with E-state index in [0.29, 0.717) is 13.0 Å². The third-order valence-electron chi connectivity index (χ3n) is 3.17. The van der Waals surface area contributed by atoms with Crippen LogP contribution in [0.2, 0.25) is 0 Å². The summed E-state index contributed by atoms with van der Waals surface area (Å²) < 4.78 is 5.61. The molecule has 1 aromatic carbocycles. The Bertz CT molecular complexity index is 449. The number of nitrogens with one attached hydrogen (secondary N) is 1. The zero-order valence-electron chi connectivity index (χ0n) is 12.9. The molecular weight excluding hydrogens is 268 g/mol. The standard InChI is InChI=1S/C16H26N2O3/c1-12-6-7-15(13(2)9-12)21-11-14(19)10-18-8-4-3-5-16(17)20/h6-7,9,14,18-19H,3-5,8,10-11H2,1-2H3,(H2,17,20). The molecular formula is C16H26N2O3. The molecule has 0 bridgehead atoms. The van der Waals surface area contributed by atoms with Crippen LogP contribution in [0.4, 0.5) is 0 Å². The van der Waals surface area contributed by atoms with Gasteiger partial charge in [-0.05, 0) is 44.9 Å². The molecule has 4 N–H and O–H groups in total. The smallest absolute Gasteiger partial charge is 0.217 e. The molecule has 0 heterocycles. The number of primary amides is 1. The van der Waals surface area contributed by atoms with E-state index in [2.05, 4.69) is 11.4 Å². The second-order valence-electron chi connectivity index (χ2n) is 5.36. The first kappa shape index (κ1) is 17.5. The molecule has 0 aliphatic rings. The van der Waals surface area contributed by atoms with E-state index in [0.717, 1.165) is 30.7 Å². The number of carbonyl (C=O) groups excluding carboxylic acids is 1. The van der Waals surface area contributed by atoms with Crippen LogP contribution in [0.1, 0.15) is 30.4 Å². The monoisotopic (exact) mass is 294 g/mol. The summed E-state index contributed by atoms with van der Waals surface area (Å²) in [6.07, 6.45) is 1.51. The van der Waals surface area contributed by atoms with Gasteiger partial charge in [0.15, 0.2) is 0 Å². The Balaban J connectivity index is 2.13. The van der Waals surface area contributed by atoms with Crippen molar-refractivity contribution in [1.29, 1.82) is 0 Å². The second kappa shape index (κ2) is 9.37. The Labute approximate surface area is 126 Å². The number of rotatable bonds is 10. The molecule has 5 heteroatoms. The number of hydrogen-bond acceptors (Lipinski definition) is 4. The van der Waals surface area contributed by atoms with Crippen LogP contribution >= 0.6 is 0 Å². The molecule has 1 rings (SSSR count). The molecule has 0 saturated heterocycles. The van der Waals surface area contributed by atoms with Gasteiger partial charge in [0.25, 0.3) is 0 Å². The number of carbonyl (C=O) groups is 1. The lowest BCUT2D eigenvalue weighted by Crippen LogP contribution is -2.32. The average molecular weight is 294 g/mol. The third kappa shape index (κ3) is 7.68. The van der Waals surface area contributed by atoms with E-state index in [1.165, 1.54) is 5.56 Å². The van der Waals surface area contributed by atoms with Gasteiger partial charge in [-0.15, -0.1) is 0 Å². The SMILES string of the molecule is Cc1ccc(OCC(O)CNCCCCC(N)=O)c(C)c1. The van der Waals surface area contributed by atoms with Gasteiger partial charge < -0.3 is 20.9 Å². The highest BCUT2D eigenvalue weighted by atomic mass is 16.5. The highest BCUT2D eigenvalue weighted by Crippen LogP contribution is 2.18. The van der Waals surface area contributed by atoms with Crippen LogP contribution in [0.3, 0.4) is 0 Å². The van der Waals surface area contributed by atoms with Crippen molar-refractivity contribution in [3.63, 3.8) is 0 Å². The highest BCUT2D eigenvalue weighted by molar-refractivity contribution is 5.73. The van der Waals surface area contributed by atoms with Crippen molar-refractivity contribution in [3.05, 3.63) is 29.3 Å². The van der Waals surface area contributed by atoms with E-state index < -0.39 is 6.10 Å². The second-order valence-corrected chi connectivity index (χ2v) is 5.36. The van der Waals surface area contributed by atoms with Gasteiger partial charge in [0.1, 0.15) is 18.5 Å². The Kier molecular flexibility index (Phi) is 7.79. The maximum absolute atomic E-state index is 10.6. The summed E-state index contributed by atoms with van der Waals surface area (Å²) in [5.74, 6) is 0.540. The fraction of sp³-hybridized carbons (Fsp3) is 0.562. The zero-order chi connectivity index (χ0) is 15.7. The van der Waals surface area contributed by atoms with Gasteiger partial charge in [-0.25, -0.2) is 0 Å². The number of aryl methyl sites for hydroxylation is 2. The fourth-order valence-electron chi connectivity index (χ4n) is 2.02. The molecule has 1 unspecified atom stereocenters. The van der Waals surface area contributed by atoms with Gasteiger partial charge in [0.2, 0.25) is 5.91 Å². The molecule has 0 radical (unpaired) electrons. The maximum atomic E-state index is 10.6. The number of aliphatic hydroxyl groups excluding tert-OH is 1. The van der Waals surface area contributed by atoms with E-state index >= 15 is 0 Å². The first-order chi connectivity index (χ1) is 9.99. The van der Waals surface area contributed by atoms with Crippen molar-refractivity contribution < 1.29 is 14.6 Å². The fourth-order valence-corrected chi connectivity index (χ4v) is 2.02. The van der Waals surface area contributed by atoms with Crippen LogP contribution in [-0.4, -0.2) is 36.8 Å². The lowest BCUT2D eigenvalue weighted by Gasteiger charge is -2.14. The quantitative estimate of drug-likeness (QED) is 0.568. The van der Waals surface area contributed by atoms with Crippen LogP contribution in [0.25, 0.3) is 0 Å². The summed E-state index contributed by atoms with van der Waals surface area (Å²) in [6, 6.07) is 5.97. The van der Waals surface area contributed by atoms with Crippen molar-refractivity contribution in [2.24, 2.45) is 5.73 Å². The van der Waals surface area contributed by atoms with E-state index in [4.69, 9.17) is 10.5 Å². The normalized spacial score (nSPS) is 12.1. The predicted molar refractivity (Wildman–Crippen MR) is 83.3 cm³/mol. The van der Waals surface area contributed by atoms with Gasteiger partial charge in [0, 0.05) is 13.0 Å². The van der Waals surface area contributed by atoms with Gasteiger partial charge in [-0.3, -0.25) is 4.79 Å². The number of hydrogen-bond donors (Lipinski definition) is 3. The third-order valence-corrected chi connectivity index (χ3v) is 3.17. The van der Waals surface area contributed by atoms with E-state index in [-0.39, 0.29) is 12.5 Å². The van der Waals surface area contributed by atoms with Crippen LogP contribution in [0.15, 0.2) is 18.2 Å². The first-order valence-corrected chi connectivity index (χ1v) is 7.36. The number of benzene rings is 1. The van der Waals surface area contributed by atoms with Crippen molar-refractivity contribution in [2.45, 2.75) is 39.2 Å². The van der Waals surface area contributed by atoms with Crippen LogP contribution in [0, 0.1) is 13.8 Å². The lowest BCUT2D eigenvalue weighted by molar-refractivity contribution is -0.118. The van der Waals surface area contributed by atoms with Gasteiger partial charge in [-0.1, -0.05) is 17.7 Å². The minimum atomic E-state index is -0.554. The summed E-state index contributed by atoms with van der Waals surface area (Å²) in [5.41, 5.74) is 7.32. The van der Waals surface area contributed by atoms with Gasteiger partial charge >= 0.3 is 0 Å². The van der Waals surface area contributed by atoms with Gasteiger partial charge in [0.05, 0.1) is 0 Å². The number of unbranched alkanes of at least 4 members (excludes halogenated alkanes) is 1. The molecule has 118 valence electrons. The Morgan fingerprint density at radius 3 is 2.81 bits per heavy atom. The van der Waals surface area contributed by atoms with E-state index in [9.17, 15) is 9.90 Å². The molecule has 0 fully saturated rings. The van der Waals surface area contributed by atoms with Crippen LogP contribution in [0.5, 0.6) is 5.75 Å². The molecule has 0 spiro atoms. The molecule has 1 amide bonds. The number of ether oxygens (including phenoxy) is 1. The highest BCUT2D eigenvalue weighted by Gasteiger charge is 2.06. The molecule has 1 atom stereocenters. The van der Waals surface area contributed by atoms with Crippen molar-refractivity contribution in [1.82, 2.24) is 5.32 Å². The molecule has 0 aliphatic heterocycles. The van der Waals surface area contributed by atoms with Crippen LogP contribution < -0.4 is 15.8 Å². The number of nitrogens with two attached hydrogens (primary N) is 1. The Hall–Kier alpha value is -1.59.